The monoisotopic (exact) mass is 324 g/mol. The van der Waals surface area contributed by atoms with Crippen molar-refractivity contribution in [1.29, 1.82) is 0 Å². The number of rotatable bonds is 5. The number of hydrogen-bond acceptors (Lipinski definition) is 5. The van der Waals surface area contributed by atoms with Crippen molar-refractivity contribution in [3.8, 4) is 11.5 Å². The van der Waals surface area contributed by atoms with Crippen LogP contribution in [0.1, 0.15) is 25.2 Å². The quantitative estimate of drug-likeness (QED) is 0.843. The Morgan fingerprint density at radius 1 is 1.39 bits per heavy atom. The molecule has 6 nitrogen and oxygen atoms in total. The molecule has 2 heterocycles. The second-order valence-corrected chi connectivity index (χ2v) is 6.11. The van der Waals surface area contributed by atoms with E-state index >= 15 is 0 Å². The predicted molar refractivity (Wildman–Crippen MR) is 79.2 cm³/mol. The predicted octanol–water partition coefficient (Wildman–Crippen LogP) is 2.18. The van der Waals surface area contributed by atoms with Crippen LogP contribution in [-0.2, 0) is 6.54 Å². The van der Waals surface area contributed by atoms with Crippen molar-refractivity contribution in [2.75, 3.05) is 14.1 Å². The molecule has 0 bridgehead atoms. The molecule has 0 radical (unpaired) electrons. The summed E-state index contributed by atoms with van der Waals surface area (Å²) >= 11 is 0. The van der Waals surface area contributed by atoms with E-state index in [9.17, 15) is 13.6 Å². The summed E-state index contributed by atoms with van der Waals surface area (Å²) in [6.45, 7) is 0.662. The van der Waals surface area contributed by atoms with Crippen LogP contribution in [0.5, 0.6) is 0 Å². The Labute approximate surface area is 131 Å². The number of alkyl halides is 2. The normalized spacial score (nSPS) is 21.0. The molecule has 0 unspecified atom stereocenters. The lowest BCUT2D eigenvalue weighted by molar-refractivity contribution is 0.111. The first-order valence-electron chi connectivity index (χ1n) is 7.43. The minimum atomic E-state index is -2.82. The number of hydrogen-bond donors (Lipinski definition) is 0. The Morgan fingerprint density at radius 3 is 2.70 bits per heavy atom. The summed E-state index contributed by atoms with van der Waals surface area (Å²) in [5, 5.41) is 6.81. The van der Waals surface area contributed by atoms with Gasteiger partial charge in [0.05, 0.1) is 0 Å². The third-order valence-electron chi connectivity index (χ3n) is 4.27. The van der Waals surface area contributed by atoms with Crippen molar-refractivity contribution in [2.24, 2.45) is 5.92 Å². The molecule has 3 rings (SSSR count). The maximum atomic E-state index is 12.5. The van der Waals surface area contributed by atoms with Gasteiger partial charge in [-0.05, 0) is 38.9 Å². The Kier molecular flexibility index (Phi) is 4.25. The summed E-state index contributed by atoms with van der Waals surface area (Å²) in [6.07, 6.45) is 0.970. The van der Waals surface area contributed by atoms with Crippen LogP contribution in [0, 0.1) is 5.92 Å². The molecule has 1 fully saturated rings. The first-order valence-corrected chi connectivity index (χ1v) is 7.43. The zero-order chi connectivity index (χ0) is 16.6. The van der Waals surface area contributed by atoms with Crippen molar-refractivity contribution in [3.05, 3.63) is 34.6 Å². The highest BCUT2D eigenvalue weighted by atomic mass is 19.3. The van der Waals surface area contributed by atoms with E-state index in [0.717, 1.165) is 12.8 Å². The van der Waals surface area contributed by atoms with Crippen LogP contribution in [0.3, 0.4) is 0 Å². The van der Waals surface area contributed by atoms with E-state index in [2.05, 4.69) is 29.2 Å². The van der Waals surface area contributed by atoms with E-state index < -0.39 is 12.3 Å². The summed E-state index contributed by atoms with van der Waals surface area (Å²) < 4.78 is 31.4. The molecule has 0 amide bonds. The lowest BCUT2D eigenvalue weighted by Gasteiger charge is -2.39. The molecular formula is C15H18F2N4O2. The van der Waals surface area contributed by atoms with Gasteiger partial charge in [-0.15, -0.1) is 10.2 Å². The smallest absolute Gasteiger partial charge is 0.314 e. The van der Waals surface area contributed by atoms with Crippen LogP contribution in [0.15, 0.2) is 27.5 Å². The SMILES string of the molecule is CN(C)C1CC(Cn2ccc(-c3nnc(C(F)F)o3)cc2=O)C1. The summed E-state index contributed by atoms with van der Waals surface area (Å²) in [5.41, 5.74) is 0.151. The molecule has 0 N–H and O–H groups in total. The van der Waals surface area contributed by atoms with Crippen molar-refractivity contribution in [2.45, 2.75) is 31.9 Å². The van der Waals surface area contributed by atoms with Gasteiger partial charge in [-0.1, -0.05) is 0 Å². The molecule has 0 spiro atoms. The summed E-state index contributed by atoms with van der Waals surface area (Å²) in [5.74, 6) is -0.325. The first kappa shape index (κ1) is 15.8. The molecule has 2 aromatic rings. The van der Waals surface area contributed by atoms with Gasteiger partial charge < -0.3 is 13.9 Å². The minimum Gasteiger partial charge on any atom is -0.415 e. The Morgan fingerprint density at radius 2 is 2.13 bits per heavy atom. The number of halogens is 2. The molecule has 0 atom stereocenters. The van der Waals surface area contributed by atoms with Gasteiger partial charge in [0, 0.05) is 30.4 Å². The topological polar surface area (TPSA) is 64.2 Å². The molecule has 1 aliphatic carbocycles. The molecular weight excluding hydrogens is 306 g/mol. The largest absolute Gasteiger partial charge is 0.415 e. The minimum absolute atomic E-state index is 0.0686. The highest BCUT2D eigenvalue weighted by Crippen LogP contribution is 2.31. The number of aromatic nitrogens is 3. The molecule has 8 heteroatoms. The van der Waals surface area contributed by atoms with Crippen LogP contribution in [0.4, 0.5) is 8.78 Å². The molecule has 2 aromatic heterocycles. The fraction of sp³-hybridized carbons (Fsp3) is 0.533. The zero-order valence-corrected chi connectivity index (χ0v) is 12.9. The van der Waals surface area contributed by atoms with Gasteiger partial charge in [0.15, 0.2) is 0 Å². The Bertz CT molecular complexity index is 735. The zero-order valence-electron chi connectivity index (χ0n) is 12.9. The summed E-state index contributed by atoms with van der Waals surface area (Å²) in [7, 11) is 4.11. The third kappa shape index (κ3) is 3.31. The molecule has 0 aliphatic heterocycles. The van der Waals surface area contributed by atoms with Crippen LogP contribution in [0.2, 0.25) is 0 Å². The van der Waals surface area contributed by atoms with E-state index in [1.807, 2.05) is 0 Å². The van der Waals surface area contributed by atoms with Gasteiger partial charge in [0.25, 0.3) is 11.4 Å². The highest BCUT2D eigenvalue weighted by Gasteiger charge is 2.30. The molecule has 23 heavy (non-hydrogen) atoms. The van der Waals surface area contributed by atoms with Crippen LogP contribution in [0.25, 0.3) is 11.5 Å². The fourth-order valence-electron chi connectivity index (χ4n) is 2.78. The second-order valence-electron chi connectivity index (χ2n) is 6.11. The van der Waals surface area contributed by atoms with Gasteiger partial charge in [-0.3, -0.25) is 4.79 Å². The van der Waals surface area contributed by atoms with Crippen LogP contribution in [-0.4, -0.2) is 39.8 Å². The first-order chi connectivity index (χ1) is 10.9. The molecule has 0 aromatic carbocycles. The molecule has 1 aliphatic rings. The lowest BCUT2D eigenvalue weighted by Crippen LogP contribution is -2.42. The lowest BCUT2D eigenvalue weighted by atomic mass is 9.79. The Balaban J connectivity index is 1.70. The van der Waals surface area contributed by atoms with Crippen LogP contribution < -0.4 is 5.56 Å². The molecule has 124 valence electrons. The summed E-state index contributed by atoms with van der Waals surface area (Å²) in [6, 6.07) is 3.55. The second kappa shape index (κ2) is 6.19. The molecule has 1 saturated carbocycles. The van der Waals surface area contributed by atoms with Crippen molar-refractivity contribution >= 4 is 0 Å². The van der Waals surface area contributed by atoms with Gasteiger partial charge >= 0.3 is 6.43 Å². The van der Waals surface area contributed by atoms with Crippen LogP contribution >= 0.6 is 0 Å². The van der Waals surface area contributed by atoms with E-state index in [1.165, 1.54) is 6.07 Å². The summed E-state index contributed by atoms with van der Waals surface area (Å²) in [4.78, 5) is 14.4. The third-order valence-corrected chi connectivity index (χ3v) is 4.27. The maximum absolute atomic E-state index is 12.5. The molecule has 0 saturated heterocycles. The van der Waals surface area contributed by atoms with E-state index in [0.29, 0.717) is 24.1 Å². The maximum Gasteiger partial charge on any atom is 0.314 e. The number of pyridine rings is 1. The van der Waals surface area contributed by atoms with Crippen molar-refractivity contribution in [1.82, 2.24) is 19.7 Å². The standard InChI is InChI=1S/C15H18F2N4O2/c1-20(2)11-5-9(6-11)8-21-4-3-10(7-12(21)22)14-18-19-15(23-14)13(16)17/h3-4,7,9,11,13H,5-6,8H2,1-2H3. The van der Waals surface area contributed by atoms with E-state index in [4.69, 9.17) is 4.42 Å². The average molecular weight is 324 g/mol. The van der Waals surface area contributed by atoms with E-state index in [1.54, 1.807) is 16.8 Å². The van der Waals surface area contributed by atoms with Crippen molar-refractivity contribution in [3.63, 3.8) is 0 Å². The average Bonchev–Trinajstić information content (AvgIpc) is 2.93. The van der Waals surface area contributed by atoms with Gasteiger partial charge in [-0.2, -0.15) is 8.78 Å². The van der Waals surface area contributed by atoms with Crippen molar-refractivity contribution < 1.29 is 13.2 Å². The van der Waals surface area contributed by atoms with E-state index in [-0.39, 0.29) is 11.4 Å². The van der Waals surface area contributed by atoms with Gasteiger partial charge in [-0.25, -0.2) is 0 Å². The number of nitrogens with zero attached hydrogens (tertiary/aromatic N) is 4. The Hall–Kier alpha value is -2.09. The highest BCUT2D eigenvalue weighted by molar-refractivity contribution is 5.50. The van der Waals surface area contributed by atoms with Gasteiger partial charge in [0.1, 0.15) is 0 Å². The fourth-order valence-corrected chi connectivity index (χ4v) is 2.78. The van der Waals surface area contributed by atoms with Gasteiger partial charge in [0.2, 0.25) is 5.89 Å².